The predicted octanol–water partition coefficient (Wildman–Crippen LogP) is 5.27. The maximum atomic E-state index is 15.1. The molecule has 5 aliphatic rings. The Morgan fingerprint density at radius 3 is 2.00 bits per heavy atom. The van der Waals surface area contributed by atoms with Crippen molar-refractivity contribution in [2.24, 2.45) is 5.41 Å². The zero-order chi connectivity index (χ0) is 19.9. The Morgan fingerprint density at radius 1 is 1.00 bits per heavy atom. The van der Waals surface area contributed by atoms with Gasteiger partial charge in [-0.15, -0.1) is 0 Å². The van der Waals surface area contributed by atoms with Gasteiger partial charge >= 0.3 is 5.97 Å². The monoisotopic (exact) mass is 398 g/mol. The number of carboxylic acids is 1. The van der Waals surface area contributed by atoms with E-state index in [1.807, 2.05) is 0 Å². The molecule has 0 radical (unpaired) electrons. The maximum Gasteiger partial charge on any atom is 0.338 e. The summed E-state index contributed by atoms with van der Waals surface area (Å²) in [4.78, 5) is 11.2. The van der Waals surface area contributed by atoms with Gasteiger partial charge in [0.2, 0.25) is 0 Å². The Bertz CT molecular complexity index is 812. The van der Waals surface area contributed by atoms with Crippen LogP contribution in [0.3, 0.4) is 0 Å². The fourth-order valence-corrected chi connectivity index (χ4v) is 6.43. The zero-order valence-corrected chi connectivity index (χ0v) is 15.4. The van der Waals surface area contributed by atoms with Crippen molar-refractivity contribution >= 4 is 5.97 Å². The number of benzene rings is 1. The molecule has 6 rings (SSSR count). The van der Waals surface area contributed by atoms with Crippen molar-refractivity contribution in [1.29, 1.82) is 0 Å². The zero-order valence-electron chi connectivity index (χ0n) is 15.4. The van der Waals surface area contributed by atoms with E-state index in [0.717, 1.165) is 18.9 Å². The van der Waals surface area contributed by atoms with E-state index in [1.165, 1.54) is 6.07 Å². The molecule has 28 heavy (non-hydrogen) atoms. The highest BCUT2D eigenvalue weighted by Crippen LogP contribution is 2.68. The van der Waals surface area contributed by atoms with Gasteiger partial charge in [0, 0.05) is 30.7 Å². The van der Waals surface area contributed by atoms with Gasteiger partial charge in [0.25, 0.3) is 0 Å². The van der Waals surface area contributed by atoms with Crippen LogP contribution in [0, 0.1) is 11.2 Å². The summed E-state index contributed by atoms with van der Waals surface area (Å²) in [5, 5.41) is 9.15. The molecule has 1 aromatic carbocycles. The highest BCUT2D eigenvalue weighted by atomic mass is 19.2. The van der Waals surface area contributed by atoms with E-state index < -0.39 is 39.8 Å². The third kappa shape index (κ3) is 2.89. The molecule has 0 amide bonds. The Balaban J connectivity index is 1.44. The third-order valence-corrected chi connectivity index (χ3v) is 6.86. The van der Waals surface area contributed by atoms with E-state index in [2.05, 4.69) is 0 Å². The molecule has 4 bridgehead atoms. The van der Waals surface area contributed by atoms with Crippen molar-refractivity contribution < 1.29 is 32.2 Å². The van der Waals surface area contributed by atoms with Crippen LogP contribution < -0.4 is 4.74 Å². The first-order valence-electron chi connectivity index (χ1n) is 9.78. The smallest absolute Gasteiger partial charge is 0.338 e. The number of alkyl halides is 3. The third-order valence-electron chi connectivity index (χ3n) is 6.86. The first-order chi connectivity index (χ1) is 13.0. The fourth-order valence-electron chi connectivity index (χ4n) is 6.43. The number of carbonyl (C=O) groups is 1. The SMILES string of the molecule is O=C(O)c1cc(C2CC2)c(OCC23CC4(F)CC(F)(CC(F)(C4)C2)C3)cc1F. The highest BCUT2D eigenvalue weighted by molar-refractivity contribution is 5.88. The normalized spacial score (nSPS) is 41.3. The minimum atomic E-state index is -1.86. The van der Waals surface area contributed by atoms with Gasteiger partial charge in [-0.25, -0.2) is 22.4 Å². The summed E-state index contributed by atoms with van der Waals surface area (Å²) in [7, 11) is 0. The van der Waals surface area contributed by atoms with Gasteiger partial charge in [-0.05, 0) is 49.7 Å². The van der Waals surface area contributed by atoms with E-state index in [4.69, 9.17) is 9.84 Å². The standard InChI is InChI=1S/C21H22F4O3/c22-15-4-16(13(12-1-2-12)3-14(15)17(26)27)28-11-18-5-19(23)8-20(24,6-18)10-21(25,7-18)9-19/h3-4,12H,1-2,5-11H2,(H,26,27). The van der Waals surface area contributed by atoms with Crippen molar-refractivity contribution in [2.45, 2.75) is 74.3 Å². The Morgan fingerprint density at radius 2 is 1.54 bits per heavy atom. The summed E-state index contributed by atoms with van der Waals surface area (Å²) in [5.74, 6) is -1.97. The second-order valence-corrected chi connectivity index (χ2v) is 9.75. The van der Waals surface area contributed by atoms with Crippen LogP contribution in [0.1, 0.15) is 73.2 Å². The molecule has 0 unspecified atom stereocenters. The van der Waals surface area contributed by atoms with Crippen LogP contribution in [0.4, 0.5) is 17.6 Å². The molecule has 0 spiro atoms. The molecule has 5 saturated carbocycles. The van der Waals surface area contributed by atoms with Crippen molar-refractivity contribution in [3.63, 3.8) is 0 Å². The number of hydrogen-bond acceptors (Lipinski definition) is 2. The minimum Gasteiger partial charge on any atom is -0.493 e. The first kappa shape index (κ1) is 18.3. The van der Waals surface area contributed by atoms with Gasteiger partial charge in [-0.2, -0.15) is 0 Å². The lowest BCUT2D eigenvalue weighted by atomic mass is 9.46. The van der Waals surface area contributed by atoms with Crippen molar-refractivity contribution in [2.75, 3.05) is 6.61 Å². The van der Waals surface area contributed by atoms with Crippen LogP contribution >= 0.6 is 0 Å². The van der Waals surface area contributed by atoms with Gasteiger partial charge < -0.3 is 9.84 Å². The topological polar surface area (TPSA) is 46.5 Å². The van der Waals surface area contributed by atoms with Gasteiger partial charge in [-0.1, -0.05) is 0 Å². The summed E-state index contributed by atoms with van der Waals surface area (Å²) >= 11 is 0. The number of hydrogen-bond donors (Lipinski definition) is 1. The van der Waals surface area contributed by atoms with Crippen LogP contribution in [0.2, 0.25) is 0 Å². The maximum absolute atomic E-state index is 15.1. The van der Waals surface area contributed by atoms with Crippen LogP contribution in [-0.2, 0) is 0 Å². The lowest BCUT2D eigenvalue weighted by Crippen LogP contribution is -2.66. The molecule has 1 aromatic rings. The molecule has 3 nitrogen and oxygen atoms in total. The van der Waals surface area contributed by atoms with E-state index in [-0.39, 0.29) is 56.8 Å². The van der Waals surface area contributed by atoms with Crippen molar-refractivity contribution in [1.82, 2.24) is 0 Å². The Hall–Kier alpha value is -1.79. The quantitative estimate of drug-likeness (QED) is 0.687. The molecular formula is C21H22F4O3. The van der Waals surface area contributed by atoms with E-state index in [1.54, 1.807) is 0 Å². The summed E-state index contributed by atoms with van der Waals surface area (Å²) in [5.41, 5.74) is -6.37. The van der Waals surface area contributed by atoms with Crippen LogP contribution in [0.15, 0.2) is 12.1 Å². The van der Waals surface area contributed by atoms with Gasteiger partial charge in [-0.3, -0.25) is 0 Å². The molecule has 5 aliphatic carbocycles. The van der Waals surface area contributed by atoms with E-state index >= 15 is 13.2 Å². The Kier molecular flexibility index (Phi) is 3.53. The second kappa shape index (κ2) is 5.42. The lowest BCUT2D eigenvalue weighted by molar-refractivity contribution is -0.223. The van der Waals surface area contributed by atoms with Crippen LogP contribution in [-0.4, -0.2) is 34.7 Å². The van der Waals surface area contributed by atoms with Crippen LogP contribution in [0.25, 0.3) is 0 Å². The van der Waals surface area contributed by atoms with Crippen molar-refractivity contribution in [3.05, 3.63) is 29.1 Å². The number of aromatic carboxylic acids is 1. The molecule has 0 heterocycles. The molecule has 0 aliphatic heterocycles. The second-order valence-electron chi connectivity index (χ2n) is 9.75. The van der Waals surface area contributed by atoms with Gasteiger partial charge in [0.1, 0.15) is 28.6 Å². The molecule has 152 valence electrons. The number of carboxylic acid groups (broad SMARTS) is 1. The number of halogens is 4. The highest BCUT2D eigenvalue weighted by Gasteiger charge is 2.70. The van der Waals surface area contributed by atoms with Gasteiger partial charge in [0.05, 0.1) is 12.2 Å². The first-order valence-corrected chi connectivity index (χ1v) is 9.78. The molecule has 0 atom stereocenters. The molecule has 1 N–H and O–H groups in total. The fraction of sp³-hybridized carbons (Fsp3) is 0.667. The summed E-state index contributed by atoms with van der Waals surface area (Å²) < 4.78 is 65.4. The largest absolute Gasteiger partial charge is 0.493 e. The summed E-state index contributed by atoms with van der Waals surface area (Å²) in [6, 6.07) is 2.33. The minimum absolute atomic E-state index is 0.0474. The summed E-state index contributed by atoms with van der Waals surface area (Å²) in [6.07, 6.45) is 1.05. The van der Waals surface area contributed by atoms with E-state index in [0.29, 0.717) is 5.56 Å². The molecule has 5 fully saturated rings. The van der Waals surface area contributed by atoms with Crippen LogP contribution in [0.5, 0.6) is 5.75 Å². The average Bonchev–Trinajstić information content (AvgIpc) is 3.32. The summed E-state index contributed by atoms with van der Waals surface area (Å²) in [6.45, 7) is -0.0956. The lowest BCUT2D eigenvalue weighted by Gasteiger charge is -2.62. The predicted molar refractivity (Wildman–Crippen MR) is 92.5 cm³/mol. The molecule has 0 aromatic heterocycles. The Labute approximate surface area is 160 Å². The number of ether oxygens (including phenoxy) is 1. The average molecular weight is 398 g/mol. The molecule has 0 saturated heterocycles. The molecule has 7 heteroatoms. The van der Waals surface area contributed by atoms with Gasteiger partial charge in [0.15, 0.2) is 0 Å². The van der Waals surface area contributed by atoms with E-state index in [9.17, 15) is 9.18 Å². The number of rotatable bonds is 5. The molecular weight excluding hydrogens is 376 g/mol. The van der Waals surface area contributed by atoms with Crippen molar-refractivity contribution in [3.8, 4) is 5.75 Å².